The van der Waals surface area contributed by atoms with Crippen LogP contribution in [-0.4, -0.2) is 23.2 Å². The monoisotopic (exact) mass is 298 g/mol. The Morgan fingerprint density at radius 3 is 2.52 bits per heavy atom. The summed E-state index contributed by atoms with van der Waals surface area (Å²) < 4.78 is 6.86. The van der Waals surface area contributed by atoms with Crippen LogP contribution in [0.1, 0.15) is 15.2 Å². The van der Waals surface area contributed by atoms with Gasteiger partial charge in [0, 0.05) is 11.1 Å². The van der Waals surface area contributed by atoms with E-state index in [1.165, 1.54) is 4.88 Å². The topological polar surface area (TPSA) is 44.1 Å². The number of thiophene rings is 1. The van der Waals surface area contributed by atoms with Crippen molar-refractivity contribution >= 4 is 17.6 Å². The molecule has 4 nitrogen and oxygen atoms in total. The summed E-state index contributed by atoms with van der Waals surface area (Å²) >= 11 is 1.63. The highest BCUT2D eigenvalue weighted by Crippen LogP contribution is 2.29. The van der Waals surface area contributed by atoms with E-state index >= 15 is 0 Å². The second-order valence-corrected chi connectivity index (χ2v) is 5.89. The summed E-state index contributed by atoms with van der Waals surface area (Å²) in [5, 5.41) is 4.55. The van der Waals surface area contributed by atoms with E-state index < -0.39 is 0 Å². The number of hydrogen-bond acceptors (Lipinski definition) is 4. The van der Waals surface area contributed by atoms with Crippen molar-refractivity contribution in [1.82, 2.24) is 9.78 Å². The third kappa shape index (κ3) is 2.60. The number of nitrogens with zero attached hydrogens (tertiary/aromatic N) is 2. The molecule has 0 aliphatic heterocycles. The average molecular weight is 298 g/mol. The molecule has 21 heavy (non-hydrogen) atoms. The standard InChI is InChI=1S/C16H14N2O2S/c1-11-3-8-15(21-11)16-12(10-19)9-18(17-16)13-4-6-14(20-2)7-5-13/h3-10H,1-2H3. The van der Waals surface area contributed by atoms with Crippen LogP contribution in [0.4, 0.5) is 0 Å². The van der Waals surface area contributed by atoms with Gasteiger partial charge in [-0.1, -0.05) is 0 Å². The normalized spacial score (nSPS) is 10.6. The number of rotatable bonds is 4. The smallest absolute Gasteiger partial charge is 0.153 e. The van der Waals surface area contributed by atoms with Gasteiger partial charge in [0.15, 0.2) is 6.29 Å². The van der Waals surface area contributed by atoms with Gasteiger partial charge in [0.1, 0.15) is 11.4 Å². The Morgan fingerprint density at radius 2 is 1.95 bits per heavy atom. The van der Waals surface area contributed by atoms with Crippen molar-refractivity contribution in [1.29, 1.82) is 0 Å². The van der Waals surface area contributed by atoms with Crippen molar-refractivity contribution in [3.63, 3.8) is 0 Å². The number of aromatic nitrogens is 2. The molecule has 0 unspecified atom stereocenters. The molecule has 0 fully saturated rings. The Morgan fingerprint density at radius 1 is 1.19 bits per heavy atom. The van der Waals surface area contributed by atoms with E-state index in [2.05, 4.69) is 5.10 Å². The van der Waals surface area contributed by atoms with E-state index in [-0.39, 0.29) is 0 Å². The van der Waals surface area contributed by atoms with Crippen LogP contribution in [0.15, 0.2) is 42.6 Å². The van der Waals surface area contributed by atoms with Gasteiger partial charge in [0.05, 0.1) is 23.2 Å². The molecule has 0 amide bonds. The molecule has 106 valence electrons. The molecule has 0 atom stereocenters. The first-order chi connectivity index (χ1) is 10.2. The summed E-state index contributed by atoms with van der Waals surface area (Å²) in [7, 11) is 1.63. The summed E-state index contributed by atoms with van der Waals surface area (Å²) in [6, 6.07) is 11.6. The molecule has 5 heteroatoms. The van der Waals surface area contributed by atoms with Crippen LogP contribution in [0.25, 0.3) is 16.3 Å². The van der Waals surface area contributed by atoms with Crippen molar-refractivity contribution in [3.8, 4) is 22.0 Å². The summed E-state index contributed by atoms with van der Waals surface area (Å²) in [5.41, 5.74) is 2.20. The van der Waals surface area contributed by atoms with Gasteiger partial charge in [-0.2, -0.15) is 5.10 Å². The number of aryl methyl sites for hydroxylation is 1. The third-order valence-corrected chi connectivity index (χ3v) is 4.19. The van der Waals surface area contributed by atoms with Crippen molar-refractivity contribution in [2.45, 2.75) is 6.92 Å². The van der Waals surface area contributed by atoms with Crippen LogP contribution >= 0.6 is 11.3 Å². The van der Waals surface area contributed by atoms with Crippen LogP contribution < -0.4 is 4.74 Å². The molecule has 0 saturated heterocycles. The molecule has 0 aliphatic rings. The maximum atomic E-state index is 11.3. The Bertz CT molecular complexity index is 772. The van der Waals surface area contributed by atoms with Crippen LogP contribution in [-0.2, 0) is 0 Å². The highest BCUT2D eigenvalue weighted by Gasteiger charge is 2.13. The van der Waals surface area contributed by atoms with Gasteiger partial charge in [-0.05, 0) is 43.3 Å². The number of aldehydes is 1. The van der Waals surface area contributed by atoms with Gasteiger partial charge < -0.3 is 4.74 Å². The molecule has 0 radical (unpaired) electrons. The first kappa shape index (κ1) is 13.6. The molecule has 0 spiro atoms. The lowest BCUT2D eigenvalue weighted by Gasteiger charge is -2.03. The zero-order chi connectivity index (χ0) is 14.8. The van der Waals surface area contributed by atoms with Crippen LogP contribution in [0.3, 0.4) is 0 Å². The molecular formula is C16H14N2O2S. The van der Waals surface area contributed by atoms with Gasteiger partial charge in [-0.15, -0.1) is 11.3 Å². The van der Waals surface area contributed by atoms with Gasteiger partial charge in [0.25, 0.3) is 0 Å². The summed E-state index contributed by atoms with van der Waals surface area (Å²) in [5.74, 6) is 0.788. The minimum atomic E-state index is 0.590. The van der Waals surface area contributed by atoms with E-state index in [4.69, 9.17) is 4.74 Å². The molecule has 1 aromatic carbocycles. The predicted octanol–water partition coefficient (Wildman–Crippen LogP) is 3.73. The zero-order valence-corrected chi connectivity index (χ0v) is 12.6. The van der Waals surface area contributed by atoms with Crippen LogP contribution in [0.2, 0.25) is 0 Å². The van der Waals surface area contributed by atoms with Crippen molar-refractivity contribution < 1.29 is 9.53 Å². The predicted molar refractivity (Wildman–Crippen MR) is 83.6 cm³/mol. The molecule has 0 saturated carbocycles. The van der Waals surface area contributed by atoms with Crippen molar-refractivity contribution in [2.75, 3.05) is 7.11 Å². The maximum Gasteiger partial charge on any atom is 0.153 e. The quantitative estimate of drug-likeness (QED) is 0.689. The molecule has 3 rings (SSSR count). The number of methoxy groups -OCH3 is 1. The van der Waals surface area contributed by atoms with Crippen LogP contribution in [0.5, 0.6) is 5.75 Å². The Labute approximate surface area is 126 Å². The second kappa shape index (κ2) is 5.54. The molecule has 3 aromatic rings. The zero-order valence-electron chi connectivity index (χ0n) is 11.7. The first-order valence-corrected chi connectivity index (χ1v) is 7.29. The Hall–Kier alpha value is -2.40. The molecule has 0 aliphatic carbocycles. The first-order valence-electron chi connectivity index (χ1n) is 6.47. The van der Waals surface area contributed by atoms with Crippen molar-refractivity contribution in [3.05, 3.63) is 53.0 Å². The number of ether oxygens (including phenoxy) is 1. The van der Waals surface area contributed by atoms with Gasteiger partial charge in [-0.25, -0.2) is 4.68 Å². The lowest BCUT2D eigenvalue weighted by molar-refractivity contribution is 0.112. The molecular weight excluding hydrogens is 284 g/mol. The summed E-state index contributed by atoms with van der Waals surface area (Å²) in [6.45, 7) is 2.04. The molecule has 2 heterocycles. The molecule has 2 aromatic heterocycles. The lowest BCUT2D eigenvalue weighted by Crippen LogP contribution is -1.94. The molecule has 0 bridgehead atoms. The van der Waals surface area contributed by atoms with Crippen LogP contribution in [0, 0.1) is 6.92 Å². The molecule has 0 N–H and O–H groups in total. The van der Waals surface area contributed by atoms with Gasteiger partial charge in [0.2, 0.25) is 0 Å². The average Bonchev–Trinajstić information content (AvgIpc) is 3.13. The highest BCUT2D eigenvalue weighted by atomic mass is 32.1. The van der Waals surface area contributed by atoms with E-state index in [0.717, 1.165) is 28.3 Å². The summed E-state index contributed by atoms with van der Waals surface area (Å²) in [6.07, 6.45) is 2.59. The fourth-order valence-electron chi connectivity index (χ4n) is 2.09. The fourth-order valence-corrected chi connectivity index (χ4v) is 2.97. The maximum absolute atomic E-state index is 11.3. The SMILES string of the molecule is COc1ccc(-n2cc(C=O)c(-c3ccc(C)s3)n2)cc1. The third-order valence-electron chi connectivity index (χ3n) is 3.18. The lowest BCUT2D eigenvalue weighted by atomic mass is 10.2. The van der Waals surface area contributed by atoms with E-state index in [9.17, 15) is 4.79 Å². The second-order valence-electron chi connectivity index (χ2n) is 4.60. The summed E-state index contributed by atoms with van der Waals surface area (Å²) in [4.78, 5) is 13.5. The fraction of sp³-hybridized carbons (Fsp3) is 0.125. The van der Waals surface area contributed by atoms with Gasteiger partial charge in [-0.3, -0.25) is 4.79 Å². The Balaban J connectivity index is 2.04. The van der Waals surface area contributed by atoms with Crippen molar-refractivity contribution in [2.24, 2.45) is 0 Å². The van der Waals surface area contributed by atoms with E-state index in [1.807, 2.05) is 43.3 Å². The Kier molecular flexibility index (Phi) is 3.58. The minimum Gasteiger partial charge on any atom is -0.497 e. The number of carbonyl (C=O) groups excluding carboxylic acids is 1. The highest BCUT2D eigenvalue weighted by molar-refractivity contribution is 7.15. The number of hydrogen-bond donors (Lipinski definition) is 0. The number of benzene rings is 1. The van der Waals surface area contributed by atoms with E-state index in [1.54, 1.807) is 29.3 Å². The van der Waals surface area contributed by atoms with E-state index in [0.29, 0.717) is 5.56 Å². The number of carbonyl (C=O) groups is 1. The largest absolute Gasteiger partial charge is 0.497 e. The minimum absolute atomic E-state index is 0.590. The van der Waals surface area contributed by atoms with Gasteiger partial charge >= 0.3 is 0 Å².